The van der Waals surface area contributed by atoms with Gasteiger partial charge in [0.05, 0.1) is 0 Å². The molecule has 1 amide bonds. The molecule has 0 fully saturated rings. The van der Waals surface area contributed by atoms with Gasteiger partial charge in [0, 0.05) is 5.57 Å². The Labute approximate surface area is 70.5 Å². The highest BCUT2D eigenvalue weighted by Crippen LogP contribution is 1.81. The van der Waals surface area contributed by atoms with Crippen LogP contribution in [0.3, 0.4) is 0 Å². The van der Waals surface area contributed by atoms with Crippen LogP contribution in [0.5, 0.6) is 0 Å². The van der Waals surface area contributed by atoms with Crippen molar-refractivity contribution in [3.8, 4) is 0 Å². The molecule has 0 aromatic rings. The number of rotatable bonds is 2. The fraction of sp³-hybridized carbons (Fsp3) is 0.429. The number of hydrogen-bond acceptors (Lipinski definition) is 3. The first-order valence-electron chi connectivity index (χ1n) is 3.15. The number of carbonyl (C=O) groups excluding carboxylic acids is 1. The molecule has 1 atom stereocenters. The number of carboxylic acids is 1. The van der Waals surface area contributed by atoms with E-state index < -0.39 is 18.0 Å². The predicted molar refractivity (Wildman–Crippen MR) is 43.3 cm³/mol. The highest BCUT2D eigenvalue weighted by atomic mass is 16.4. The highest BCUT2D eigenvalue weighted by Gasteiger charge is 1.98. The van der Waals surface area contributed by atoms with Crippen molar-refractivity contribution in [3.05, 3.63) is 12.2 Å². The molecule has 12 heavy (non-hydrogen) atoms. The van der Waals surface area contributed by atoms with Crippen molar-refractivity contribution in [3.63, 3.8) is 0 Å². The lowest BCUT2D eigenvalue weighted by atomic mass is 10.4. The van der Waals surface area contributed by atoms with E-state index in [4.69, 9.17) is 10.2 Å². The number of nitrogens with two attached hydrogens (primary N) is 1. The summed E-state index contributed by atoms with van der Waals surface area (Å²) in [6, 6.07) is 0. The Morgan fingerprint density at radius 3 is 1.67 bits per heavy atom. The summed E-state index contributed by atoms with van der Waals surface area (Å²) in [5.41, 5.74) is 4.72. The fourth-order valence-corrected chi connectivity index (χ4v) is 0. The van der Waals surface area contributed by atoms with Gasteiger partial charge in [-0.05, 0) is 13.8 Å². The first-order chi connectivity index (χ1) is 5.29. The van der Waals surface area contributed by atoms with Gasteiger partial charge in [-0.25, -0.2) is 4.79 Å². The van der Waals surface area contributed by atoms with Crippen LogP contribution in [0.15, 0.2) is 12.2 Å². The number of carbonyl (C=O) groups is 2. The van der Waals surface area contributed by atoms with Crippen LogP contribution in [0.25, 0.3) is 0 Å². The number of aliphatic carboxylic acids is 1. The van der Waals surface area contributed by atoms with Crippen LogP contribution in [0.1, 0.15) is 13.8 Å². The number of aliphatic hydroxyl groups is 1. The quantitative estimate of drug-likeness (QED) is 0.492. The van der Waals surface area contributed by atoms with Crippen molar-refractivity contribution in [1.29, 1.82) is 0 Å². The van der Waals surface area contributed by atoms with E-state index >= 15 is 0 Å². The number of amides is 1. The summed E-state index contributed by atoms with van der Waals surface area (Å²) in [6.07, 6.45) is -1.01. The molecule has 70 valence electrons. The second kappa shape index (κ2) is 6.36. The normalized spacial score (nSPS) is 10.6. The van der Waals surface area contributed by atoms with Crippen molar-refractivity contribution in [2.45, 2.75) is 20.0 Å². The molecule has 0 aliphatic rings. The van der Waals surface area contributed by atoms with Crippen molar-refractivity contribution in [1.82, 2.24) is 0 Å². The number of aliphatic hydroxyl groups excluding tert-OH is 1. The van der Waals surface area contributed by atoms with Crippen LogP contribution in [0.2, 0.25) is 0 Å². The molecule has 1 unspecified atom stereocenters. The molecule has 0 saturated carbocycles. The van der Waals surface area contributed by atoms with Gasteiger partial charge in [-0.3, -0.25) is 4.79 Å². The Kier molecular flexibility index (Phi) is 7.02. The summed E-state index contributed by atoms with van der Waals surface area (Å²) in [5.74, 6) is -1.62. The van der Waals surface area contributed by atoms with E-state index in [0.717, 1.165) is 0 Å². The molecule has 0 rings (SSSR count). The third-order valence-electron chi connectivity index (χ3n) is 0.777. The molecule has 0 heterocycles. The van der Waals surface area contributed by atoms with E-state index in [-0.39, 0.29) is 5.57 Å². The molecule has 0 radical (unpaired) electrons. The van der Waals surface area contributed by atoms with Gasteiger partial charge >= 0.3 is 5.97 Å². The van der Waals surface area contributed by atoms with Gasteiger partial charge < -0.3 is 15.9 Å². The zero-order valence-electron chi connectivity index (χ0n) is 7.07. The summed E-state index contributed by atoms with van der Waals surface area (Å²) in [5, 5.41) is 16.0. The average Bonchev–Trinajstić information content (AvgIpc) is 1.88. The molecule has 0 aromatic heterocycles. The van der Waals surface area contributed by atoms with E-state index in [9.17, 15) is 9.59 Å². The maximum atomic E-state index is 9.67. The van der Waals surface area contributed by atoms with E-state index in [1.54, 1.807) is 0 Å². The molecular weight excluding hydrogens is 162 g/mol. The second-order valence-corrected chi connectivity index (χ2v) is 2.16. The van der Waals surface area contributed by atoms with E-state index in [1.807, 2.05) is 0 Å². The Morgan fingerprint density at radius 2 is 1.67 bits per heavy atom. The molecule has 0 aromatic carbocycles. The van der Waals surface area contributed by atoms with E-state index in [0.29, 0.717) is 0 Å². The van der Waals surface area contributed by atoms with Crippen molar-refractivity contribution in [2.75, 3.05) is 0 Å². The highest BCUT2D eigenvalue weighted by molar-refractivity contribution is 5.84. The van der Waals surface area contributed by atoms with Crippen LogP contribution >= 0.6 is 0 Å². The maximum Gasteiger partial charge on any atom is 0.330 e. The second-order valence-electron chi connectivity index (χ2n) is 2.16. The van der Waals surface area contributed by atoms with E-state index in [2.05, 4.69) is 12.3 Å². The Balaban J connectivity index is 0. The molecule has 5 heteroatoms. The molecule has 0 spiro atoms. The molecule has 0 saturated heterocycles. The van der Waals surface area contributed by atoms with Gasteiger partial charge in [-0.2, -0.15) is 0 Å². The minimum Gasteiger partial charge on any atom is -0.478 e. The number of primary amides is 1. The standard InChI is InChI=1S/C4H6O2.C3H7NO2/c1-3(2)4(5)6;1-2(5)3(4)6/h1H2,2H3,(H,5,6);2,5H,1H3,(H2,4,6). The number of carboxylic acid groups (broad SMARTS) is 1. The maximum absolute atomic E-state index is 9.67. The fourth-order valence-electron chi connectivity index (χ4n) is 0. The lowest BCUT2D eigenvalue weighted by Gasteiger charge is -1.90. The van der Waals surface area contributed by atoms with Crippen molar-refractivity contribution >= 4 is 11.9 Å². The SMILES string of the molecule is C=C(C)C(=O)O.CC(O)C(N)=O. The van der Waals surface area contributed by atoms with E-state index in [1.165, 1.54) is 13.8 Å². The lowest BCUT2D eigenvalue weighted by Crippen LogP contribution is -2.24. The number of hydrogen-bond donors (Lipinski definition) is 3. The van der Waals surface area contributed by atoms with Crippen LogP contribution < -0.4 is 5.73 Å². The summed E-state index contributed by atoms with van der Waals surface area (Å²) in [4.78, 5) is 19.3. The first kappa shape index (κ1) is 13.2. The molecule has 0 bridgehead atoms. The van der Waals surface area contributed by atoms with Gasteiger partial charge in [-0.15, -0.1) is 0 Å². The average molecular weight is 175 g/mol. The van der Waals surface area contributed by atoms with Crippen LogP contribution in [0.4, 0.5) is 0 Å². The summed E-state index contributed by atoms with van der Waals surface area (Å²) in [7, 11) is 0. The smallest absolute Gasteiger partial charge is 0.330 e. The summed E-state index contributed by atoms with van der Waals surface area (Å²) >= 11 is 0. The van der Waals surface area contributed by atoms with Gasteiger partial charge in [0.15, 0.2) is 0 Å². The van der Waals surface area contributed by atoms with Crippen molar-refractivity contribution < 1.29 is 19.8 Å². The Bertz CT molecular complexity index is 174. The van der Waals surface area contributed by atoms with Crippen LogP contribution in [-0.4, -0.2) is 28.2 Å². The van der Waals surface area contributed by atoms with Crippen LogP contribution in [0, 0.1) is 0 Å². The van der Waals surface area contributed by atoms with Gasteiger partial charge in [0.2, 0.25) is 5.91 Å². The summed E-state index contributed by atoms with van der Waals surface area (Å²) in [6.45, 7) is 5.92. The minimum absolute atomic E-state index is 0.176. The third-order valence-corrected chi connectivity index (χ3v) is 0.777. The Morgan fingerprint density at radius 1 is 1.50 bits per heavy atom. The largest absolute Gasteiger partial charge is 0.478 e. The zero-order valence-corrected chi connectivity index (χ0v) is 7.07. The molecular formula is C7H13NO4. The topological polar surface area (TPSA) is 101 Å². The molecule has 0 aliphatic heterocycles. The third kappa shape index (κ3) is 11.4. The van der Waals surface area contributed by atoms with Gasteiger partial charge in [0.1, 0.15) is 6.10 Å². The van der Waals surface area contributed by atoms with Gasteiger partial charge in [0.25, 0.3) is 0 Å². The zero-order chi connectivity index (χ0) is 10.3. The molecule has 4 N–H and O–H groups in total. The van der Waals surface area contributed by atoms with Crippen LogP contribution in [-0.2, 0) is 9.59 Å². The Hall–Kier alpha value is -1.36. The molecule has 0 aliphatic carbocycles. The van der Waals surface area contributed by atoms with Crippen molar-refractivity contribution in [2.24, 2.45) is 5.73 Å². The predicted octanol–water partition coefficient (Wildman–Crippen LogP) is -0.500. The minimum atomic E-state index is -1.01. The molecule has 5 nitrogen and oxygen atoms in total. The van der Waals surface area contributed by atoms with Gasteiger partial charge in [-0.1, -0.05) is 6.58 Å². The monoisotopic (exact) mass is 175 g/mol. The lowest BCUT2D eigenvalue weighted by molar-refractivity contribution is -0.132. The first-order valence-corrected chi connectivity index (χ1v) is 3.15. The summed E-state index contributed by atoms with van der Waals surface area (Å²) < 4.78 is 0.